The first-order valence-electron chi connectivity index (χ1n) is 16.9. The zero-order valence-corrected chi connectivity index (χ0v) is 30.2. The number of benzene rings is 3. The molecule has 0 aliphatic heterocycles. The van der Waals surface area contributed by atoms with Crippen LogP contribution in [0.5, 0.6) is 11.5 Å². The van der Waals surface area contributed by atoms with Gasteiger partial charge in [-0.3, -0.25) is 0 Å². The molecule has 47 heavy (non-hydrogen) atoms. The monoisotopic (exact) mass is 624 g/mol. The number of allylic oxidation sites excluding steroid dienone is 11. The second-order valence-corrected chi connectivity index (χ2v) is 14.6. The highest BCUT2D eigenvalue weighted by Crippen LogP contribution is 2.59. The second-order valence-electron chi connectivity index (χ2n) is 14.6. The summed E-state index contributed by atoms with van der Waals surface area (Å²) < 4.78 is 11.3. The fourth-order valence-electron chi connectivity index (χ4n) is 7.11. The number of ether oxygens (including phenoxy) is 2. The maximum atomic E-state index is 5.63. The van der Waals surface area contributed by atoms with Gasteiger partial charge in [0.15, 0.2) is 0 Å². The molecule has 2 heteroatoms. The average molecular weight is 625 g/mol. The van der Waals surface area contributed by atoms with Crippen molar-refractivity contribution in [1.82, 2.24) is 0 Å². The Kier molecular flexibility index (Phi) is 9.47. The van der Waals surface area contributed by atoms with Gasteiger partial charge in [0.05, 0.1) is 19.6 Å². The second kappa shape index (κ2) is 13.1. The zero-order valence-electron chi connectivity index (χ0n) is 30.2. The van der Waals surface area contributed by atoms with Crippen LogP contribution in [0.3, 0.4) is 0 Å². The van der Waals surface area contributed by atoms with E-state index in [1.807, 2.05) is 0 Å². The first-order chi connectivity index (χ1) is 22.3. The van der Waals surface area contributed by atoms with Crippen LogP contribution in [0.15, 0.2) is 126 Å². The molecule has 0 aromatic heterocycles. The molecule has 5 rings (SSSR count). The van der Waals surface area contributed by atoms with Crippen LogP contribution < -0.4 is 9.47 Å². The Morgan fingerprint density at radius 3 is 1.91 bits per heavy atom. The van der Waals surface area contributed by atoms with E-state index in [9.17, 15) is 0 Å². The molecule has 0 bridgehead atoms. The quantitative estimate of drug-likeness (QED) is 0.221. The van der Waals surface area contributed by atoms with Crippen molar-refractivity contribution in [3.05, 3.63) is 154 Å². The van der Waals surface area contributed by atoms with Crippen molar-refractivity contribution in [2.45, 2.75) is 73.6 Å². The van der Waals surface area contributed by atoms with E-state index in [2.05, 4.69) is 159 Å². The summed E-state index contributed by atoms with van der Waals surface area (Å²) in [7, 11) is 3.45. The Labute approximate surface area is 283 Å². The lowest BCUT2D eigenvalue weighted by Gasteiger charge is -2.35. The minimum absolute atomic E-state index is 0.00522. The first kappa shape index (κ1) is 34.0. The summed E-state index contributed by atoms with van der Waals surface area (Å²) in [6.45, 7) is 22.8. The van der Waals surface area contributed by atoms with Gasteiger partial charge in [0.25, 0.3) is 0 Å². The van der Waals surface area contributed by atoms with E-state index in [1.54, 1.807) is 14.2 Å². The highest BCUT2D eigenvalue weighted by Gasteiger charge is 2.49. The number of hydrogen-bond acceptors (Lipinski definition) is 2. The summed E-state index contributed by atoms with van der Waals surface area (Å²) in [5.74, 6) is 1.69. The predicted octanol–water partition coefficient (Wildman–Crippen LogP) is 12.1. The zero-order chi connectivity index (χ0) is 34.1. The number of fused-ring (bicyclic) bond motifs is 3. The maximum absolute atomic E-state index is 5.63. The first-order valence-corrected chi connectivity index (χ1v) is 16.9. The van der Waals surface area contributed by atoms with Crippen molar-refractivity contribution in [3.63, 3.8) is 0 Å². The minimum Gasteiger partial charge on any atom is -0.497 e. The van der Waals surface area contributed by atoms with Gasteiger partial charge < -0.3 is 9.47 Å². The van der Waals surface area contributed by atoms with Gasteiger partial charge in [-0.1, -0.05) is 115 Å². The molecule has 0 saturated carbocycles. The number of rotatable bonds is 9. The summed E-state index contributed by atoms with van der Waals surface area (Å²) in [6.07, 6.45) is 13.8. The largest absolute Gasteiger partial charge is 0.497 e. The Morgan fingerprint density at radius 2 is 1.43 bits per heavy atom. The molecule has 0 N–H and O–H groups in total. The highest BCUT2D eigenvalue weighted by molar-refractivity contribution is 5.96. The smallest absolute Gasteiger partial charge is 0.118 e. The summed E-state index contributed by atoms with van der Waals surface area (Å²) in [5.41, 5.74) is 13.1. The van der Waals surface area contributed by atoms with Crippen molar-refractivity contribution in [2.75, 3.05) is 14.2 Å². The third-order valence-electron chi connectivity index (χ3n) is 10.5. The van der Waals surface area contributed by atoms with Crippen molar-refractivity contribution in [3.8, 4) is 11.5 Å². The summed E-state index contributed by atoms with van der Waals surface area (Å²) >= 11 is 0. The molecule has 0 atom stereocenters. The fraction of sp³-hybridized carbons (Fsp3) is 0.333. The lowest BCUT2D eigenvalue weighted by molar-refractivity contribution is 0.414. The van der Waals surface area contributed by atoms with Gasteiger partial charge in [-0.2, -0.15) is 0 Å². The lowest BCUT2D eigenvalue weighted by Crippen LogP contribution is -2.29. The third kappa shape index (κ3) is 6.11. The third-order valence-corrected chi connectivity index (χ3v) is 10.5. The van der Waals surface area contributed by atoms with Crippen LogP contribution in [-0.4, -0.2) is 14.2 Å². The molecule has 244 valence electrons. The van der Waals surface area contributed by atoms with Crippen LogP contribution in [0, 0.1) is 10.8 Å². The van der Waals surface area contributed by atoms with E-state index < -0.39 is 5.41 Å². The molecule has 0 spiro atoms. The summed E-state index contributed by atoms with van der Waals surface area (Å²) in [5, 5.41) is 0. The van der Waals surface area contributed by atoms with Crippen LogP contribution in [0.2, 0.25) is 0 Å². The normalized spacial score (nSPS) is 16.3. The van der Waals surface area contributed by atoms with Gasteiger partial charge >= 0.3 is 0 Å². The molecular weight excluding hydrogens is 572 g/mol. The molecule has 0 fully saturated rings. The predicted molar refractivity (Wildman–Crippen MR) is 201 cm³/mol. The Morgan fingerprint density at radius 1 is 0.851 bits per heavy atom. The molecule has 0 heterocycles. The van der Waals surface area contributed by atoms with E-state index >= 15 is 0 Å². The Balaban J connectivity index is 1.83. The van der Waals surface area contributed by atoms with Crippen molar-refractivity contribution in [1.29, 1.82) is 0 Å². The van der Waals surface area contributed by atoms with E-state index in [0.29, 0.717) is 0 Å². The molecule has 2 nitrogen and oxygen atoms in total. The molecule has 3 aromatic rings. The van der Waals surface area contributed by atoms with Gasteiger partial charge in [-0.25, -0.2) is 0 Å². The minimum atomic E-state index is -0.568. The van der Waals surface area contributed by atoms with E-state index in [-0.39, 0.29) is 10.8 Å². The lowest BCUT2D eigenvalue weighted by atomic mass is 9.66. The average Bonchev–Trinajstić information content (AvgIpc) is 3.17. The van der Waals surface area contributed by atoms with Crippen LogP contribution in [0.4, 0.5) is 0 Å². The summed E-state index contributed by atoms with van der Waals surface area (Å²) in [4.78, 5) is 0. The van der Waals surface area contributed by atoms with E-state index in [4.69, 9.17) is 9.47 Å². The molecule has 2 aliphatic carbocycles. The Bertz CT molecular complexity index is 1760. The Hall–Kier alpha value is -4.30. The molecule has 0 unspecified atom stereocenters. The molecular formula is C45H52O2. The summed E-state index contributed by atoms with van der Waals surface area (Å²) in [6, 6.07) is 24.3. The van der Waals surface area contributed by atoms with Gasteiger partial charge in [0.1, 0.15) is 11.5 Å². The molecule has 2 aliphatic rings. The van der Waals surface area contributed by atoms with Gasteiger partial charge in [0, 0.05) is 0 Å². The molecule has 0 amide bonds. The number of methoxy groups -OCH3 is 2. The van der Waals surface area contributed by atoms with Crippen molar-refractivity contribution in [2.24, 2.45) is 10.8 Å². The van der Waals surface area contributed by atoms with Crippen LogP contribution >= 0.6 is 0 Å². The van der Waals surface area contributed by atoms with E-state index in [0.717, 1.165) is 35.5 Å². The fourth-order valence-corrected chi connectivity index (χ4v) is 7.11. The van der Waals surface area contributed by atoms with Gasteiger partial charge in [-0.15, -0.1) is 0 Å². The van der Waals surface area contributed by atoms with Crippen LogP contribution in [-0.2, 0) is 5.41 Å². The number of hydrogen-bond donors (Lipinski definition) is 0. The van der Waals surface area contributed by atoms with Gasteiger partial charge in [0.2, 0.25) is 0 Å². The highest BCUT2D eigenvalue weighted by atomic mass is 16.5. The molecule has 3 aromatic carbocycles. The molecule has 0 radical (unpaired) electrons. The van der Waals surface area contributed by atoms with Crippen LogP contribution in [0.25, 0.3) is 11.1 Å². The maximum Gasteiger partial charge on any atom is 0.118 e. The topological polar surface area (TPSA) is 18.5 Å². The molecule has 0 saturated heterocycles. The van der Waals surface area contributed by atoms with Crippen LogP contribution in [0.1, 0.15) is 96.0 Å². The van der Waals surface area contributed by atoms with Crippen molar-refractivity contribution >= 4 is 11.1 Å². The van der Waals surface area contributed by atoms with Crippen molar-refractivity contribution < 1.29 is 9.47 Å². The van der Waals surface area contributed by atoms with E-state index in [1.165, 1.54) is 50.1 Å². The van der Waals surface area contributed by atoms with Gasteiger partial charge in [-0.05, 0) is 129 Å². The standard InChI is InChI=1S/C45H52O2/c1-12-33(44(8,9)13-2)27-30(3)31(4)32-17-26-40-39-16-14-15-36(43(5,6)7)29-42(39)45(41(40)28-32,34-18-22-37(46-10)23-19-34)35-20-24-38(47-11)25-21-35/h12,15-29H,4,13-14H2,1-3,5-11H3/b30-27-,33-12-. The SMILES string of the molecule is C=C(/C(C)=C\C(=C\C)C(C)(C)CC)c1ccc2c(c1)C(c1ccc(OC)cc1)(c1ccc(OC)cc1)C1=CC(C(C)(C)C)=CCC=C12.